The summed E-state index contributed by atoms with van der Waals surface area (Å²) >= 11 is 3.27. The van der Waals surface area contributed by atoms with Crippen LogP contribution in [-0.2, 0) is 12.0 Å². The zero-order chi connectivity index (χ0) is 14.8. The number of para-hydroxylation sites is 1. The van der Waals surface area contributed by atoms with Crippen LogP contribution in [0.1, 0.15) is 31.9 Å². The summed E-state index contributed by atoms with van der Waals surface area (Å²) in [6.45, 7) is 7.00. The van der Waals surface area contributed by atoms with Crippen LogP contribution in [0.5, 0.6) is 0 Å². The molecular weight excluding hydrogens is 317 g/mol. The summed E-state index contributed by atoms with van der Waals surface area (Å²) in [6.07, 6.45) is 0. The first kappa shape index (κ1) is 15.0. The summed E-state index contributed by atoms with van der Waals surface area (Å²) < 4.78 is 14.6. The van der Waals surface area contributed by atoms with Gasteiger partial charge in [0.15, 0.2) is 0 Å². The summed E-state index contributed by atoms with van der Waals surface area (Å²) in [5, 5.41) is 3.34. The Labute approximate surface area is 128 Å². The Hall–Kier alpha value is -1.35. The fourth-order valence-electron chi connectivity index (χ4n) is 2.15. The highest BCUT2D eigenvalue weighted by Gasteiger charge is 2.17. The van der Waals surface area contributed by atoms with E-state index in [-0.39, 0.29) is 11.2 Å². The first-order chi connectivity index (χ1) is 9.38. The van der Waals surface area contributed by atoms with E-state index in [1.807, 2.05) is 24.3 Å². The van der Waals surface area contributed by atoms with Crippen molar-refractivity contribution in [1.29, 1.82) is 0 Å². The molecule has 2 aromatic rings. The van der Waals surface area contributed by atoms with E-state index >= 15 is 0 Å². The molecule has 0 aliphatic heterocycles. The van der Waals surface area contributed by atoms with Crippen molar-refractivity contribution in [2.24, 2.45) is 0 Å². The van der Waals surface area contributed by atoms with E-state index in [0.717, 1.165) is 10.2 Å². The fourth-order valence-corrected chi connectivity index (χ4v) is 2.48. The van der Waals surface area contributed by atoms with Crippen molar-refractivity contribution in [2.45, 2.75) is 32.7 Å². The third-order valence-corrected chi connectivity index (χ3v) is 3.71. The number of rotatable bonds is 3. The van der Waals surface area contributed by atoms with Gasteiger partial charge >= 0.3 is 0 Å². The van der Waals surface area contributed by atoms with Gasteiger partial charge in [-0.05, 0) is 29.2 Å². The minimum Gasteiger partial charge on any atom is -0.381 e. The van der Waals surface area contributed by atoms with Crippen LogP contribution in [0.3, 0.4) is 0 Å². The molecule has 0 aliphatic rings. The van der Waals surface area contributed by atoms with E-state index < -0.39 is 0 Å². The summed E-state index contributed by atoms with van der Waals surface area (Å²) in [6, 6.07) is 13.3. The summed E-state index contributed by atoms with van der Waals surface area (Å²) in [4.78, 5) is 0. The van der Waals surface area contributed by atoms with Crippen LogP contribution in [0.2, 0.25) is 0 Å². The number of hydrogen-bond donors (Lipinski definition) is 1. The van der Waals surface area contributed by atoms with E-state index in [1.54, 1.807) is 6.07 Å². The molecule has 0 unspecified atom stereocenters. The number of nitrogens with one attached hydrogen (secondary N) is 1. The lowest BCUT2D eigenvalue weighted by Gasteiger charge is -2.23. The highest BCUT2D eigenvalue weighted by molar-refractivity contribution is 9.10. The van der Waals surface area contributed by atoms with E-state index in [1.165, 1.54) is 11.6 Å². The molecule has 0 aliphatic carbocycles. The van der Waals surface area contributed by atoms with Crippen LogP contribution in [0, 0.1) is 5.82 Å². The van der Waals surface area contributed by atoms with E-state index in [9.17, 15) is 4.39 Å². The van der Waals surface area contributed by atoms with Crippen LogP contribution in [0.15, 0.2) is 46.9 Å². The Morgan fingerprint density at radius 1 is 1.10 bits per heavy atom. The SMILES string of the molecule is CC(C)(C)c1ccccc1NCc1ccc(Br)cc1F. The van der Waals surface area contributed by atoms with E-state index in [2.05, 4.69) is 48.1 Å². The molecule has 0 saturated heterocycles. The lowest BCUT2D eigenvalue weighted by Crippen LogP contribution is -2.15. The van der Waals surface area contributed by atoms with Gasteiger partial charge in [-0.15, -0.1) is 0 Å². The van der Waals surface area contributed by atoms with Gasteiger partial charge in [0.05, 0.1) is 0 Å². The molecule has 0 fully saturated rings. The zero-order valence-corrected chi connectivity index (χ0v) is 13.6. The predicted octanol–water partition coefficient (Wildman–Crippen LogP) is 5.50. The second-order valence-corrected chi connectivity index (χ2v) is 6.80. The van der Waals surface area contributed by atoms with Crippen molar-refractivity contribution in [3.8, 4) is 0 Å². The Balaban J connectivity index is 2.19. The van der Waals surface area contributed by atoms with E-state index in [0.29, 0.717) is 12.1 Å². The minimum atomic E-state index is -0.194. The Bertz CT molecular complexity index is 602. The first-order valence-electron chi connectivity index (χ1n) is 6.65. The number of halogens is 2. The molecule has 0 atom stereocenters. The molecule has 0 saturated carbocycles. The maximum Gasteiger partial charge on any atom is 0.129 e. The van der Waals surface area contributed by atoms with Crippen LogP contribution in [0.25, 0.3) is 0 Å². The highest BCUT2D eigenvalue weighted by Crippen LogP contribution is 2.29. The topological polar surface area (TPSA) is 12.0 Å². The summed E-state index contributed by atoms with van der Waals surface area (Å²) in [5.41, 5.74) is 3.01. The smallest absolute Gasteiger partial charge is 0.129 e. The van der Waals surface area contributed by atoms with Crippen molar-refractivity contribution in [2.75, 3.05) is 5.32 Å². The normalized spacial score (nSPS) is 11.4. The fraction of sp³-hybridized carbons (Fsp3) is 0.294. The molecule has 2 rings (SSSR count). The molecule has 1 nitrogen and oxygen atoms in total. The third kappa shape index (κ3) is 3.60. The molecule has 1 N–H and O–H groups in total. The molecular formula is C17H19BrFN. The van der Waals surface area contributed by atoms with Gasteiger partial charge in [-0.25, -0.2) is 4.39 Å². The summed E-state index contributed by atoms with van der Waals surface area (Å²) in [5.74, 6) is -0.194. The maximum absolute atomic E-state index is 13.8. The molecule has 0 heterocycles. The monoisotopic (exact) mass is 335 g/mol. The van der Waals surface area contributed by atoms with Crippen LogP contribution >= 0.6 is 15.9 Å². The standard InChI is InChI=1S/C17H19BrFN/c1-17(2,3)14-6-4-5-7-16(14)20-11-12-8-9-13(18)10-15(12)19/h4-10,20H,11H2,1-3H3. The Morgan fingerprint density at radius 3 is 2.45 bits per heavy atom. The van der Waals surface area contributed by atoms with Gasteiger partial charge in [-0.3, -0.25) is 0 Å². The van der Waals surface area contributed by atoms with Gasteiger partial charge in [0.25, 0.3) is 0 Å². The van der Waals surface area contributed by atoms with Gasteiger partial charge in [-0.1, -0.05) is 61.0 Å². The second kappa shape index (κ2) is 5.96. The minimum absolute atomic E-state index is 0.0574. The third-order valence-electron chi connectivity index (χ3n) is 3.22. The molecule has 20 heavy (non-hydrogen) atoms. The van der Waals surface area contributed by atoms with Gasteiger partial charge in [0, 0.05) is 22.3 Å². The van der Waals surface area contributed by atoms with Crippen molar-refractivity contribution in [3.63, 3.8) is 0 Å². The lowest BCUT2D eigenvalue weighted by molar-refractivity contribution is 0.591. The Kier molecular flexibility index (Phi) is 4.48. The largest absolute Gasteiger partial charge is 0.381 e. The zero-order valence-electron chi connectivity index (χ0n) is 12.0. The maximum atomic E-state index is 13.8. The first-order valence-corrected chi connectivity index (χ1v) is 7.44. The average molecular weight is 336 g/mol. The second-order valence-electron chi connectivity index (χ2n) is 5.88. The van der Waals surface area contributed by atoms with Crippen molar-refractivity contribution < 1.29 is 4.39 Å². The van der Waals surface area contributed by atoms with Crippen molar-refractivity contribution in [3.05, 3.63) is 63.9 Å². The average Bonchev–Trinajstić information content (AvgIpc) is 2.37. The van der Waals surface area contributed by atoms with E-state index in [4.69, 9.17) is 0 Å². The number of benzene rings is 2. The predicted molar refractivity (Wildman–Crippen MR) is 86.6 cm³/mol. The molecule has 106 valence electrons. The molecule has 0 aromatic heterocycles. The molecule has 0 radical (unpaired) electrons. The molecule has 2 aromatic carbocycles. The van der Waals surface area contributed by atoms with Gasteiger partial charge in [0.1, 0.15) is 5.82 Å². The van der Waals surface area contributed by atoms with Crippen molar-refractivity contribution in [1.82, 2.24) is 0 Å². The van der Waals surface area contributed by atoms with Crippen LogP contribution in [0.4, 0.5) is 10.1 Å². The number of anilines is 1. The quantitative estimate of drug-likeness (QED) is 0.781. The highest BCUT2D eigenvalue weighted by atomic mass is 79.9. The Morgan fingerprint density at radius 2 is 1.80 bits per heavy atom. The van der Waals surface area contributed by atoms with Crippen molar-refractivity contribution >= 4 is 21.6 Å². The van der Waals surface area contributed by atoms with Crippen LogP contribution < -0.4 is 5.32 Å². The molecule has 0 spiro atoms. The van der Waals surface area contributed by atoms with Crippen LogP contribution in [-0.4, -0.2) is 0 Å². The molecule has 3 heteroatoms. The summed E-state index contributed by atoms with van der Waals surface area (Å²) in [7, 11) is 0. The lowest BCUT2D eigenvalue weighted by atomic mass is 9.86. The van der Waals surface area contributed by atoms with Gasteiger partial charge < -0.3 is 5.32 Å². The van der Waals surface area contributed by atoms with Gasteiger partial charge in [-0.2, -0.15) is 0 Å². The molecule has 0 bridgehead atoms. The number of hydrogen-bond acceptors (Lipinski definition) is 1. The molecule has 0 amide bonds. The van der Waals surface area contributed by atoms with Gasteiger partial charge in [0.2, 0.25) is 0 Å².